The van der Waals surface area contributed by atoms with Crippen LogP contribution in [-0.2, 0) is 6.54 Å². The molecule has 24 heavy (non-hydrogen) atoms. The van der Waals surface area contributed by atoms with Crippen LogP contribution < -0.4 is 5.32 Å². The summed E-state index contributed by atoms with van der Waals surface area (Å²) >= 11 is 9.69. The molecule has 0 saturated heterocycles. The van der Waals surface area contributed by atoms with E-state index in [0.29, 0.717) is 5.02 Å². The fourth-order valence-corrected chi connectivity index (χ4v) is 3.67. The van der Waals surface area contributed by atoms with Gasteiger partial charge in [0.25, 0.3) is 0 Å². The highest BCUT2D eigenvalue weighted by Crippen LogP contribution is 2.31. The Morgan fingerprint density at radius 3 is 2.79 bits per heavy atom. The maximum atomic E-state index is 6.27. The van der Waals surface area contributed by atoms with Gasteiger partial charge in [0.1, 0.15) is 11.5 Å². The zero-order valence-electron chi connectivity index (χ0n) is 13.5. The Hall–Kier alpha value is -0.740. The second kappa shape index (κ2) is 9.67. The lowest BCUT2D eigenvalue weighted by atomic mass is 9.97. The van der Waals surface area contributed by atoms with Crippen molar-refractivity contribution in [2.75, 3.05) is 6.54 Å². The summed E-state index contributed by atoms with van der Waals surface area (Å²) in [5, 5.41) is 4.15. The topological polar surface area (TPSA) is 25.2 Å². The third-order valence-electron chi connectivity index (χ3n) is 4.17. The minimum absolute atomic E-state index is 0. The van der Waals surface area contributed by atoms with Crippen LogP contribution in [-0.4, -0.2) is 6.54 Å². The average Bonchev–Trinajstić information content (AvgIpc) is 3.01. The Morgan fingerprint density at radius 1 is 1.17 bits per heavy atom. The molecule has 1 aromatic carbocycles. The quantitative estimate of drug-likeness (QED) is 0.404. The number of benzene rings is 1. The van der Waals surface area contributed by atoms with E-state index in [1.54, 1.807) is 5.57 Å². The summed E-state index contributed by atoms with van der Waals surface area (Å²) in [7, 11) is 0. The molecule has 2 nitrogen and oxygen atoms in total. The number of rotatable bonds is 6. The van der Waals surface area contributed by atoms with E-state index in [0.717, 1.165) is 41.1 Å². The summed E-state index contributed by atoms with van der Waals surface area (Å²) in [5.41, 5.74) is 2.53. The maximum absolute atomic E-state index is 6.27. The normalized spacial score (nSPS) is 14.2. The standard InChI is InChI=1S/C19H21BrClNO.ClH/c20-15-6-8-17(18(21)12-15)19-9-7-16(23-19)13-22-11-10-14-4-2-1-3-5-14;/h4,6-9,12,22H,1-3,5,10-11,13H2;1H. The number of furan rings is 1. The first-order valence-corrected chi connectivity index (χ1v) is 9.32. The fraction of sp³-hybridized carbons (Fsp3) is 0.368. The van der Waals surface area contributed by atoms with E-state index in [9.17, 15) is 0 Å². The second-order valence-electron chi connectivity index (χ2n) is 5.93. The lowest BCUT2D eigenvalue weighted by Gasteiger charge is -2.12. The van der Waals surface area contributed by atoms with Crippen molar-refractivity contribution in [3.63, 3.8) is 0 Å². The molecule has 3 rings (SSSR count). The van der Waals surface area contributed by atoms with Crippen LogP contribution >= 0.6 is 39.9 Å². The highest BCUT2D eigenvalue weighted by molar-refractivity contribution is 9.10. The predicted molar refractivity (Wildman–Crippen MR) is 107 cm³/mol. The van der Waals surface area contributed by atoms with Gasteiger partial charge in [-0.1, -0.05) is 39.2 Å². The molecule has 0 fully saturated rings. The number of allylic oxidation sites excluding steroid dienone is 1. The monoisotopic (exact) mass is 429 g/mol. The van der Waals surface area contributed by atoms with E-state index in [2.05, 4.69) is 27.3 Å². The molecule has 130 valence electrons. The molecule has 1 aliphatic carbocycles. The Morgan fingerprint density at radius 2 is 2.04 bits per heavy atom. The van der Waals surface area contributed by atoms with Gasteiger partial charge in [0.15, 0.2) is 0 Å². The molecule has 5 heteroatoms. The fourth-order valence-electron chi connectivity index (χ4n) is 2.90. The molecule has 1 aliphatic rings. The second-order valence-corrected chi connectivity index (χ2v) is 7.25. The van der Waals surface area contributed by atoms with Crippen molar-refractivity contribution in [3.05, 3.63) is 57.2 Å². The molecule has 0 unspecified atom stereocenters. The Bertz CT molecular complexity index is 696. The van der Waals surface area contributed by atoms with E-state index >= 15 is 0 Å². The van der Waals surface area contributed by atoms with Crippen molar-refractivity contribution in [1.29, 1.82) is 0 Å². The van der Waals surface area contributed by atoms with E-state index in [1.807, 2.05) is 30.3 Å². The van der Waals surface area contributed by atoms with Gasteiger partial charge in [-0.15, -0.1) is 12.4 Å². The van der Waals surface area contributed by atoms with Crippen LogP contribution in [0.2, 0.25) is 5.02 Å². The molecule has 0 saturated carbocycles. The first-order valence-electron chi connectivity index (χ1n) is 8.15. The molecule has 1 heterocycles. The average molecular weight is 431 g/mol. The van der Waals surface area contributed by atoms with E-state index in [1.165, 1.54) is 25.7 Å². The highest BCUT2D eigenvalue weighted by Gasteiger charge is 2.09. The molecule has 0 bridgehead atoms. The molecular formula is C19H22BrCl2NO. The van der Waals surface area contributed by atoms with Gasteiger partial charge < -0.3 is 9.73 Å². The smallest absolute Gasteiger partial charge is 0.135 e. The molecule has 0 aliphatic heterocycles. The first-order chi connectivity index (χ1) is 11.2. The van der Waals surface area contributed by atoms with Crippen molar-refractivity contribution in [3.8, 4) is 11.3 Å². The van der Waals surface area contributed by atoms with E-state index < -0.39 is 0 Å². The van der Waals surface area contributed by atoms with Gasteiger partial charge in [-0.25, -0.2) is 0 Å². The van der Waals surface area contributed by atoms with Crippen LogP contribution in [0.15, 0.2) is 50.9 Å². The van der Waals surface area contributed by atoms with Crippen LogP contribution in [0.1, 0.15) is 37.9 Å². The van der Waals surface area contributed by atoms with Crippen LogP contribution in [0.5, 0.6) is 0 Å². The molecule has 0 amide bonds. The highest BCUT2D eigenvalue weighted by atomic mass is 79.9. The number of nitrogens with one attached hydrogen (secondary N) is 1. The molecule has 0 atom stereocenters. The number of hydrogen-bond donors (Lipinski definition) is 1. The van der Waals surface area contributed by atoms with E-state index in [4.69, 9.17) is 16.0 Å². The number of halogens is 3. The van der Waals surface area contributed by atoms with Gasteiger partial charge in [0.2, 0.25) is 0 Å². The third-order valence-corrected chi connectivity index (χ3v) is 4.97. The third kappa shape index (κ3) is 5.38. The summed E-state index contributed by atoms with van der Waals surface area (Å²) in [4.78, 5) is 0. The van der Waals surface area contributed by atoms with Crippen molar-refractivity contribution in [2.24, 2.45) is 0 Å². The van der Waals surface area contributed by atoms with Crippen LogP contribution in [0.3, 0.4) is 0 Å². The Labute approximate surface area is 163 Å². The molecular weight excluding hydrogens is 409 g/mol. The minimum Gasteiger partial charge on any atom is -0.460 e. The van der Waals surface area contributed by atoms with Crippen molar-refractivity contribution in [1.82, 2.24) is 5.32 Å². The van der Waals surface area contributed by atoms with E-state index in [-0.39, 0.29) is 12.4 Å². The van der Waals surface area contributed by atoms with Gasteiger partial charge >= 0.3 is 0 Å². The van der Waals surface area contributed by atoms with Gasteiger partial charge in [0, 0.05) is 10.0 Å². The summed E-state index contributed by atoms with van der Waals surface area (Å²) in [5.74, 6) is 1.76. The predicted octanol–water partition coefficient (Wildman–Crippen LogP) is 6.76. The molecule has 1 aromatic heterocycles. The zero-order valence-corrected chi connectivity index (χ0v) is 16.6. The largest absolute Gasteiger partial charge is 0.460 e. The van der Waals surface area contributed by atoms with Crippen molar-refractivity contribution >= 4 is 39.9 Å². The first kappa shape index (κ1) is 19.6. The molecule has 0 spiro atoms. The van der Waals surface area contributed by atoms with Crippen LogP contribution in [0.25, 0.3) is 11.3 Å². The Balaban J connectivity index is 0.00000208. The Kier molecular flexibility index (Phi) is 7.89. The van der Waals surface area contributed by atoms with Crippen molar-refractivity contribution < 1.29 is 4.42 Å². The number of hydrogen-bond acceptors (Lipinski definition) is 2. The molecule has 2 aromatic rings. The van der Waals surface area contributed by atoms with Gasteiger partial charge in [-0.3, -0.25) is 0 Å². The molecule has 1 N–H and O–H groups in total. The summed E-state index contributed by atoms with van der Waals surface area (Å²) in [6.45, 7) is 1.75. The minimum atomic E-state index is 0. The zero-order chi connectivity index (χ0) is 16.1. The van der Waals surface area contributed by atoms with Crippen LogP contribution in [0.4, 0.5) is 0 Å². The summed E-state index contributed by atoms with van der Waals surface area (Å²) in [6, 6.07) is 9.82. The molecule has 0 radical (unpaired) electrons. The van der Waals surface area contributed by atoms with Gasteiger partial charge in [0.05, 0.1) is 11.6 Å². The van der Waals surface area contributed by atoms with Gasteiger partial charge in [-0.05, 0) is 69.0 Å². The lowest BCUT2D eigenvalue weighted by Crippen LogP contribution is -2.15. The SMILES string of the molecule is Cl.Clc1cc(Br)ccc1-c1ccc(CNCCC2=CCCCC2)o1. The van der Waals surface area contributed by atoms with Gasteiger partial charge in [-0.2, -0.15) is 0 Å². The van der Waals surface area contributed by atoms with Crippen molar-refractivity contribution in [2.45, 2.75) is 38.6 Å². The summed E-state index contributed by atoms with van der Waals surface area (Å²) < 4.78 is 6.87. The summed E-state index contributed by atoms with van der Waals surface area (Å²) in [6.07, 6.45) is 8.78. The van der Waals surface area contributed by atoms with Crippen LogP contribution in [0, 0.1) is 0 Å². The lowest BCUT2D eigenvalue weighted by molar-refractivity contribution is 0.493. The maximum Gasteiger partial charge on any atom is 0.135 e.